The van der Waals surface area contributed by atoms with Gasteiger partial charge in [-0.05, 0) is 40.1 Å². The van der Waals surface area contributed by atoms with Crippen LogP contribution in [0.1, 0.15) is 17.2 Å². The van der Waals surface area contributed by atoms with Crippen LogP contribution < -0.4 is 11.1 Å². The highest BCUT2D eigenvalue weighted by molar-refractivity contribution is 7.07. The van der Waals surface area contributed by atoms with E-state index in [2.05, 4.69) is 5.32 Å². The van der Waals surface area contributed by atoms with Crippen LogP contribution >= 0.6 is 11.3 Å². The smallest absolute Gasteiger partial charge is 0.224 e. The number of thiophene rings is 1. The third kappa shape index (κ3) is 4.08. The van der Waals surface area contributed by atoms with Crippen molar-refractivity contribution in [1.29, 1.82) is 0 Å². The summed E-state index contributed by atoms with van der Waals surface area (Å²) in [5, 5.41) is 16.5. The minimum absolute atomic E-state index is 0.0899. The lowest BCUT2D eigenvalue weighted by Crippen LogP contribution is -2.29. The topological polar surface area (TPSA) is 75.3 Å². The number of amides is 1. The lowest BCUT2D eigenvalue weighted by atomic mass is 10.1. The van der Waals surface area contributed by atoms with Crippen molar-refractivity contribution < 1.29 is 9.90 Å². The zero-order valence-electron chi connectivity index (χ0n) is 10.4. The van der Waals surface area contributed by atoms with E-state index in [1.165, 1.54) is 0 Å². The van der Waals surface area contributed by atoms with Crippen LogP contribution in [0.25, 0.3) is 0 Å². The van der Waals surface area contributed by atoms with Gasteiger partial charge in [0.05, 0.1) is 12.5 Å². The maximum absolute atomic E-state index is 11.7. The molecule has 0 radical (unpaired) electrons. The molecule has 4 nitrogen and oxygen atoms in total. The number of rotatable bonds is 5. The van der Waals surface area contributed by atoms with Crippen molar-refractivity contribution >= 4 is 22.9 Å². The Labute approximate surface area is 115 Å². The number of hydrogen-bond acceptors (Lipinski definition) is 4. The standard InChI is InChI=1S/C14H16N2O2S/c15-12-3-1-11(2-4-12)13(17)8-16-14(18)7-10-5-6-19-9-10/h1-6,9,13,17H,7-8,15H2,(H,16,18). The number of nitrogens with one attached hydrogen (secondary N) is 1. The number of carbonyl (C=O) groups is 1. The first-order valence-electron chi connectivity index (χ1n) is 5.96. The fourth-order valence-corrected chi connectivity index (χ4v) is 2.36. The summed E-state index contributed by atoms with van der Waals surface area (Å²) in [4.78, 5) is 11.7. The number of aliphatic hydroxyl groups is 1. The molecule has 1 atom stereocenters. The quantitative estimate of drug-likeness (QED) is 0.728. The molecule has 0 bridgehead atoms. The first-order chi connectivity index (χ1) is 9.15. The van der Waals surface area contributed by atoms with Gasteiger partial charge in [-0.25, -0.2) is 0 Å². The number of nitrogen functional groups attached to an aromatic ring is 1. The summed E-state index contributed by atoms with van der Waals surface area (Å²) < 4.78 is 0. The van der Waals surface area contributed by atoms with Crippen molar-refractivity contribution in [2.75, 3.05) is 12.3 Å². The van der Waals surface area contributed by atoms with Crippen molar-refractivity contribution in [2.24, 2.45) is 0 Å². The SMILES string of the molecule is Nc1ccc(C(O)CNC(=O)Cc2ccsc2)cc1. The normalized spacial score (nSPS) is 12.1. The summed E-state index contributed by atoms with van der Waals surface area (Å²) in [7, 11) is 0. The molecular formula is C14H16N2O2S. The van der Waals surface area contributed by atoms with Crippen molar-refractivity contribution in [3.63, 3.8) is 0 Å². The van der Waals surface area contributed by atoms with Crippen LogP contribution in [0.5, 0.6) is 0 Å². The fourth-order valence-electron chi connectivity index (χ4n) is 1.69. The molecule has 2 aromatic rings. The summed E-state index contributed by atoms with van der Waals surface area (Å²) in [5.74, 6) is -0.0899. The predicted molar refractivity (Wildman–Crippen MR) is 76.8 cm³/mol. The second-order valence-electron chi connectivity index (χ2n) is 4.29. The van der Waals surface area contributed by atoms with Crippen LogP contribution in [0.15, 0.2) is 41.1 Å². The Bertz CT molecular complexity index is 523. The van der Waals surface area contributed by atoms with Gasteiger partial charge in [-0.1, -0.05) is 12.1 Å². The first kappa shape index (κ1) is 13.6. The van der Waals surface area contributed by atoms with E-state index in [0.717, 1.165) is 11.1 Å². The largest absolute Gasteiger partial charge is 0.399 e. The van der Waals surface area contributed by atoms with Crippen molar-refractivity contribution in [2.45, 2.75) is 12.5 Å². The zero-order chi connectivity index (χ0) is 13.7. The Kier molecular flexibility index (Phi) is 4.54. The minimum Gasteiger partial charge on any atom is -0.399 e. The summed E-state index contributed by atoms with van der Waals surface area (Å²) >= 11 is 1.56. The second kappa shape index (κ2) is 6.36. The van der Waals surface area contributed by atoms with Gasteiger partial charge >= 0.3 is 0 Å². The Morgan fingerprint density at radius 2 is 2.05 bits per heavy atom. The van der Waals surface area contributed by atoms with E-state index in [-0.39, 0.29) is 12.5 Å². The molecule has 0 aliphatic heterocycles. The summed E-state index contributed by atoms with van der Waals surface area (Å²) in [5.41, 5.74) is 7.96. The minimum atomic E-state index is -0.716. The Balaban J connectivity index is 1.81. The van der Waals surface area contributed by atoms with Crippen LogP contribution in [-0.4, -0.2) is 17.6 Å². The van der Waals surface area contributed by atoms with Crippen molar-refractivity contribution in [3.05, 3.63) is 52.2 Å². The van der Waals surface area contributed by atoms with E-state index < -0.39 is 6.10 Å². The lowest BCUT2D eigenvalue weighted by molar-refractivity contribution is -0.120. The Morgan fingerprint density at radius 1 is 1.32 bits per heavy atom. The monoisotopic (exact) mass is 276 g/mol. The molecule has 1 aromatic heterocycles. The van der Waals surface area contributed by atoms with Gasteiger partial charge in [0.2, 0.25) is 5.91 Å². The van der Waals surface area contributed by atoms with Gasteiger partial charge in [0.15, 0.2) is 0 Å². The summed E-state index contributed by atoms with van der Waals surface area (Å²) in [6.45, 7) is 0.201. The van der Waals surface area contributed by atoms with Gasteiger partial charge in [-0.15, -0.1) is 0 Å². The lowest BCUT2D eigenvalue weighted by Gasteiger charge is -2.12. The molecule has 1 unspecified atom stereocenters. The third-order valence-corrected chi connectivity index (χ3v) is 3.49. The second-order valence-corrected chi connectivity index (χ2v) is 5.07. The summed E-state index contributed by atoms with van der Waals surface area (Å²) in [6.07, 6.45) is -0.371. The van der Waals surface area contributed by atoms with Crippen LogP contribution in [0, 0.1) is 0 Å². The highest BCUT2D eigenvalue weighted by Crippen LogP contribution is 2.14. The highest BCUT2D eigenvalue weighted by atomic mass is 32.1. The van der Waals surface area contributed by atoms with Gasteiger partial charge in [-0.2, -0.15) is 11.3 Å². The molecule has 100 valence electrons. The van der Waals surface area contributed by atoms with Gasteiger partial charge in [0, 0.05) is 12.2 Å². The molecule has 1 amide bonds. The average molecular weight is 276 g/mol. The van der Waals surface area contributed by atoms with Crippen molar-refractivity contribution in [1.82, 2.24) is 5.32 Å². The molecule has 0 fully saturated rings. The molecule has 4 N–H and O–H groups in total. The van der Waals surface area contributed by atoms with Crippen LogP contribution in [0.4, 0.5) is 5.69 Å². The van der Waals surface area contributed by atoms with Gasteiger partial charge < -0.3 is 16.2 Å². The number of aliphatic hydroxyl groups excluding tert-OH is 1. The molecule has 0 aliphatic carbocycles. The van der Waals surface area contributed by atoms with Crippen molar-refractivity contribution in [3.8, 4) is 0 Å². The molecule has 5 heteroatoms. The fraction of sp³-hybridized carbons (Fsp3) is 0.214. The van der Waals surface area contributed by atoms with E-state index in [1.54, 1.807) is 35.6 Å². The van der Waals surface area contributed by atoms with E-state index >= 15 is 0 Å². The molecule has 0 spiro atoms. The maximum Gasteiger partial charge on any atom is 0.224 e. The van der Waals surface area contributed by atoms with Gasteiger partial charge in [-0.3, -0.25) is 4.79 Å². The maximum atomic E-state index is 11.7. The molecular weight excluding hydrogens is 260 g/mol. The van der Waals surface area contributed by atoms with Gasteiger partial charge in [0.25, 0.3) is 0 Å². The van der Waals surface area contributed by atoms with E-state index in [4.69, 9.17) is 5.73 Å². The molecule has 0 aliphatic rings. The van der Waals surface area contributed by atoms with E-state index in [0.29, 0.717) is 12.1 Å². The highest BCUT2D eigenvalue weighted by Gasteiger charge is 2.09. The van der Waals surface area contributed by atoms with Crippen LogP contribution in [0.3, 0.4) is 0 Å². The zero-order valence-corrected chi connectivity index (χ0v) is 11.2. The van der Waals surface area contributed by atoms with E-state index in [1.807, 2.05) is 16.8 Å². The number of anilines is 1. The van der Waals surface area contributed by atoms with E-state index in [9.17, 15) is 9.90 Å². The average Bonchev–Trinajstić information content (AvgIpc) is 2.89. The number of nitrogens with two attached hydrogens (primary N) is 1. The predicted octanol–water partition coefficient (Wildman–Crippen LogP) is 1.72. The van der Waals surface area contributed by atoms with Crippen LogP contribution in [0.2, 0.25) is 0 Å². The van der Waals surface area contributed by atoms with Crippen LogP contribution in [-0.2, 0) is 11.2 Å². The first-order valence-corrected chi connectivity index (χ1v) is 6.90. The number of hydrogen-bond donors (Lipinski definition) is 3. The third-order valence-electron chi connectivity index (χ3n) is 2.76. The molecule has 0 saturated carbocycles. The molecule has 2 rings (SSSR count). The molecule has 1 heterocycles. The molecule has 1 aromatic carbocycles. The summed E-state index contributed by atoms with van der Waals surface area (Å²) in [6, 6.07) is 8.88. The number of carbonyl (C=O) groups excluding carboxylic acids is 1. The molecule has 19 heavy (non-hydrogen) atoms. The Hall–Kier alpha value is -1.85. The number of benzene rings is 1. The Morgan fingerprint density at radius 3 is 2.68 bits per heavy atom. The van der Waals surface area contributed by atoms with Gasteiger partial charge in [0.1, 0.15) is 0 Å². The molecule has 0 saturated heterocycles.